The molecule has 4 aromatic carbocycles. The van der Waals surface area contributed by atoms with Crippen molar-refractivity contribution in [1.82, 2.24) is 63.0 Å². The van der Waals surface area contributed by atoms with Crippen LogP contribution in [0.4, 0.5) is 0 Å². The van der Waals surface area contributed by atoms with E-state index in [2.05, 4.69) is 53.2 Å². The molecule has 4 aliphatic rings. The van der Waals surface area contributed by atoms with Crippen LogP contribution in [0.1, 0.15) is 151 Å². The lowest BCUT2D eigenvalue weighted by atomic mass is 9.92. The number of hydrogen-bond acceptors (Lipinski definition) is 12. The monoisotopic (exact) mass is 1230 g/mol. The van der Waals surface area contributed by atoms with Crippen molar-refractivity contribution in [2.45, 2.75) is 190 Å². The number of unbranched alkanes of at least 4 members (excludes halogenated alkanes) is 5. The highest BCUT2D eigenvalue weighted by Gasteiger charge is 2.50. The Morgan fingerprint density at radius 2 is 0.789 bits per heavy atom. The second kappa shape index (κ2) is 35.2. The zero-order valence-corrected chi connectivity index (χ0v) is 53.2. The van der Waals surface area contributed by atoms with Crippen molar-refractivity contribution < 1.29 is 38.4 Å². The molecule has 0 aromatic heterocycles. The summed E-state index contributed by atoms with van der Waals surface area (Å²) in [6.45, 7) is 6.86. The molecule has 0 saturated carbocycles. The van der Waals surface area contributed by atoms with Crippen LogP contribution in [-0.2, 0) is 51.4 Å². The normalized spacial score (nSPS) is 22.8. The topological polar surface area (TPSA) is 263 Å². The number of carbonyl (C=O) groups excluding carboxylic acids is 8. The molecule has 12 atom stereocenters. The van der Waals surface area contributed by atoms with Crippen LogP contribution in [0.15, 0.2) is 121 Å². The number of amides is 8. The van der Waals surface area contributed by atoms with E-state index in [4.69, 9.17) is 0 Å². The highest BCUT2D eigenvalue weighted by Crippen LogP contribution is 2.36. The molecule has 8 rings (SSSR count). The maximum atomic E-state index is 14.8. The molecule has 0 bridgehead atoms. The zero-order chi connectivity index (χ0) is 63.8. The summed E-state index contributed by atoms with van der Waals surface area (Å²) in [7, 11) is 3.45. The number of benzene rings is 4. The third-order valence-corrected chi connectivity index (χ3v) is 18.8. The number of nitrogens with zero attached hydrogens (tertiary/aromatic N) is 2. The molecule has 10 N–H and O–H groups in total. The first-order valence-electron chi connectivity index (χ1n) is 33.2. The number of nitrogens with one attached hydrogen (secondary N) is 10. The number of hydrogen-bond donors (Lipinski definition) is 10. The average molecular weight is 1240 g/mol. The molecule has 8 amide bonds. The lowest BCUT2D eigenvalue weighted by molar-refractivity contribution is -0.144. The Morgan fingerprint density at radius 3 is 1.14 bits per heavy atom. The van der Waals surface area contributed by atoms with E-state index < -0.39 is 60.1 Å². The van der Waals surface area contributed by atoms with Gasteiger partial charge in [-0.15, -0.1) is 0 Å². The molecule has 20 heteroatoms. The minimum atomic E-state index is -0.994. The smallest absolute Gasteiger partial charge is 0.247 e. The second-order valence-electron chi connectivity index (χ2n) is 24.8. The van der Waals surface area contributed by atoms with Gasteiger partial charge in [-0.1, -0.05) is 161 Å². The van der Waals surface area contributed by atoms with Crippen LogP contribution >= 0.6 is 0 Å². The lowest BCUT2D eigenvalue weighted by Crippen LogP contribution is -2.59. The van der Waals surface area contributed by atoms with Crippen LogP contribution in [0.5, 0.6) is 0 Å². The van der Waals surface area contributed by atoms with Gasteiger partial charge in [0.05, 0.1) is 12.1 Å². The second-order valence-corrected chi connectivity index (χ2v) is 24.8. The standard InChI is InChI=1S/C70H98N12O8/c1-5-55(71-3)63(83)79-61-51(45-73-43-47-25-15-11-16-26-47)33-35-53-37-39-57(81(53)69(61)89)65(85)77-59(49-29-19-13-20-30-49)67(87)75-41-23-9-7-8-10-24-42-76-68(88)60(50-31-21-14-22-32-50)78-66(86)58-40-38-54-36-34-52(46-74-44-48-27-17-12-18-28-48)62(70(90)82(54)58)80-64(84)56(6-2)72-4/h11-22,25-32,51-62,71-74H,5-10,23-24,33-46H2,1-4H3,(H,75,87)(H,76,88)(H,77,85)(H,78,86)(H,79,83)(H,80,84)/t51-,52-,53+,54+,55+,56+,57+,58+,59+,60+,61+,62+/m1/s1. The fourth-order valence-electron chi connectivity index (χ4n) is 13.7. The first kappa shape index (κ1) is 68.4. The van der Waals surface area contributed by atoms with E-state index in [1.165, 1.54) is 0 Å². The molecule has 0 aliphatic carbocycles. The molecule has 4 aliphatic heterocycles. The quantitative estimate of drug-likeness (QED) is 0.0271. The van der Waals surface area contributed by atoms with Crippen LogP contribution in [0.25, 0.3) is 0 Å². The van der Waals surface area contributed by atoms with Crippen LogP contribution < -0.4 is 53.2 Å². The van der Waals surface area contributed by atoms with Gasteiger partial charge in [-0.25, -0.2) is 0 Å². The number of rotatable bonds is 33. The van der Waals surface area contributed by atoms with E-state index in [9.17, 15) is 38.4 Å². The molecule has 4 aromatic rings. The molecule has 0 unspecified atom stereocenters. The summed E-state index contributed by atoms with van der Waals surface area (Å²) < 4.78 is 0. The Balaban J connectivity index is 0.797. The third-order valence-electron chi connectivity index (χ3n) is 18.8. The number of likely N-dealkylation sites (N-methyl/N-ethyl adjacent to an activating group) is 2. The number of fused-ring (bicyclic) bond motifs is 2. The van der Waals surface area contributed by atoms with Crippen LogP contribution in [0, 0.1) is 11.8 Å². The maximum absolute atomic E-state index is 14.8. The molecule has 4 fully saturated rings. The van der Waals surface area contributed by atoms with Crippen molar-refractivity contribution in [2.24, 2.45) is 11.8 Å². The SMILES string of the molecule is CC[C@H](NC)C(=O)N[C@@H]1C(=O)N2[C@@H](CC[C@@H]1CNCc1ccccc1)CC[C@H]2C(=O)N[C@H](C(=O)NCCCCCCCCNC(=O)[C@@H](NC(=O)[C@@H]1CC[C@@H]2CC[C@H](CNCc3ccccc3)[C@H](NC(=O)[C@H](CC)NC)C(=O)N21)c1ccccc1)c1ccccc1. The van der Waals surface area contributed by atoms with E-state index in [1.807, 2.05) is 135 Å². The van der Waals surface area contributed by atoms with Crippen molar-refractivity contribution in [3.8, 4) is 0 Å². The summed E-state index contributed by atoms with van der Waals surface area (Å²) in [5, 5.41) is 31.5. The average Bonchev–Trinajstić information content (AvgIpc) is 1.66. The molecular formula is C70H98N12O8. The Morgan fingerprint density at radius 1 is 0.444 bits per heavy atom. The Hall–Kier alpha value is -7.52. The minimum absolute atomic E-state index is 0.179. The van der Waals surface area contributed by atoms with E-state index in [0.29, 0.717) is 127 Å². The zero-order valence-electron chi connectivity index (χ0n) is 53.2. The molecule has 90 heavy (non-hydrogen) atoms. The minimum Gasteiger partial charge on any atom is -0.354 e. The lowest BCUT2D eigenvalue weighted by Gasteiger charge is -2.33. The first-order chi connectivity index (χ1) is 43.8. The van der Waals surface area contributed by atoms with Crippen molar-refractivity contribution >= 4 is 47.3 Å². The van der Waals surface area contributed by atoms with Gasteiger partial charge >= 0.3 is 0 Å². The third kappa shape index (κ3) is 18.6. The summed E-state index contributed by atoms with van der Waals surface area (Å²) in [6, 6.07) is 31.7. The van der Waals surface area contributed by atoms with Gasteiger partial charge in [0, 0.05) is 63.2 Å². The van der Waals surface area contributed by atoms with Crippen LogP contribution in [-0.4, -0.2) is 146 Å². The summed E-state index contributed by atoms with van der Waals surface area (Å²) in [5.41, 5.74) is 3.47. The fraction of sp³-hybridized carbons (Fsp3) is 0.543. The summed E-state index contributed by atoms with van der Waals surface area (Å²) in [5.74, 6) is -2.98. The van der Waals surface area contributed by atoms with Crippen LogP contribution in [0.2, 0.25) is 0 Å². The van der Waals surface area contributed by atoms with Gasteiger partial charge in [-0.05, 0) is 113 Å². The van der Waals surface area contributed by atoms with E-state index in [1.54, 1.807) is 23.9 Å². The Labute approximate surface area is 532 Å². The van der Waals surface area contributed by atoms with Gasteiger partial charge in [-0.2, -0.15) is 0 Å². The largest absolute Gasteiger partial charge is 0.354 e. The summed E-state index contributed by atoms with van der Waals surface area (Å²) >= 11 is 0. The van der Waals surface area contributed by atoms with Crippen molar-refractivity contribution in [2.75, 3.05) is 40.3 Å². The van der Waals surface area contributed by atoms with Gasteiger partial charge in [0.1, 0.15) is 36.3 Å². The predicted molar refractivity (Wildman–Crippen MR) is 348 cm³/mol. The van der Waals surface area contributed by atoms with Crippen molar-refractivity contribution in [1.29, 1.82) is 0 Å². The van der Waals surface area contributed by atoms with Crippen LogP contribution in [0.3, 0.4) is 0 Å². The maximum Gasteiger partial charge on any atom is 0.247 e. The molecule has 486 valence electrons. The predicted octanol–water partition coefficient (Wildman–Crippen LogP) is 5.36. The van der Waals surface area contributed by atoms with E-state index >= 15 is 0 Å². The van der Waals surface area contributed by atoms with Gasteiger partial charge in [0.25, 0.3) is 0 Å². The highest BCUT2D eigenvalue weighted by atomic mass is 16.2. The fourth-order valence-corrected chi connectivity index (χ4v) is 13.7. The Bertz CT molecular complexity index is 2740. The molecule has 0 spiro atoms. The van der Waals surface area contributed by atoms with Gasteiger partial charge in [0.15, 0.2) is 0 Å². The van der Waals surface area contributed by atoms with E-state index in [-0.39, 0.29) is 59.4 Å². The molecular weight excluding hydrogens is 1140 g/mol. The highest BCUT2D eigenvalue weighted by molar-refractivity contribution is 5.97. The summed E-state index contributed by atoms with van der Waals surface area (Å²) in [6.07, 6.45) is 10.9. The molecule has 4 heterocycles. The number of carbonyl (C=O) groups is 8. The van der Waals surface area contributed by atoms with E-state index in [0.717, 1.165) is 36.8 Å². The van der Waals surface area contributed by atoms with Gasteiger partial charge < -0.3 is 63.0 Å². The molecule has 0 radical (unpaired) electrons. The van der Waals surface area contributed by atoms with Gasteiger partial charge in [-0.3, -0.25) is 38.4 Å². The Kier molecular flexibility index (Phi) is 26.7. The summed E-state index contributed by atoms with van der Waals surface area (Å²) in [4.78, 5) is 117. The van der Waals surface area contributed by atoms with Crippen molar-refractivity contribution in [3.63, 3.8) is 0 Å². The van der Waals surface area contributed by atoms with Gasteiger partial charge in [0.2, 0.25) is 47.3 Å². The first-order valence-corrected chi connectivity index (χ1v) is 33.2. The molecule has 4 saturated heterocycles. The van der Waals surface area contributed by atoms with Crippen molar-refractivity contribution in [3.05, 3.63) is 144 Å². The molecule has 20 nitrogen and oxygen atoms in total.